The molecule has 0 aliphatic rings. The molecule has 4 aromatic rings. The van der Waals surface area contributed by atoms with Gasteiger partial charge in [-0.1, -0.05) is 72.8 Å². The zero-order valence-electron chi connectivity index (χ0n) is 15.2. The Hall–Kier alpha value is -3.19. The number of aromatic nitrogens is 1. The quantitative estimate of drug-likeness (QED) is 0.415. The van der Waals surface area contributed by atoms with E-state index in [0.717, 1.165) is 0 Å². The summed E-state index contributed by atoms with van der Waals surface area (Å²) in [7, 11) is 2.11. The van der Waals surface area contributed by atoms with Crippen LogP contribution in [0, 0.1) is 6.92 Å². The number of pyridine rings is 1. The average molecular weight is 336 g/mol. The zero-order valence-corrected chi connectivity index (χ0v) is 15.2. The van der Waals surface area contributed by atoms with E-state index in [1.807, 2.05) is 0 Å². The van der Waals surface area contributed by atoms with Gasteiger partial charge in [0.2, 0.25) is 5.69 Å². The molecule has 4 rings (SSSR count). The minimum absolute atomic E-state index is 1.22. The van der Waals surface area contributed by atoms with E-state index in [1.54, 1.807) is 0 Å². The molecule has 1 aromatic heterocycles. The van der Waals surface area contributed by atoms with Gasteiger partial charge in [-0.3, -0.25) is 0 Å². The molecule has 0 aliphatic heterocycles. The third-order valence-electron chi connectivity index (χ3n) is 4.88. The van der Waals surface area contributed by atoms with Crippen molar-refractivity contribution in [3.05, 3.63) is 103 Å². The Labute approximate surface area is 155 Å². The maximum atomic E-state index is 2.30. The van der Waals surface area contributed by atoms with Gasteiger partial charge in [0.1, 0.15) is 7.05 Å². The monoisotopic (exact) mass is 336 g/mol. The van der Waals surface area contributed by atoms with Crippen molar-refractivity contribution in [2.75, 3.05) is 0 Å². The molecule has 0 atom stereocenters. The van der Waals surface area contributed by atoms with Gasteiger partial charge in [0.05, 0.1) is 0 Å². The molecular weight excluding hydrogens is 314 g/mol. The summed E-state index contributed by atoms with van der Waals surface area (Å²) in [6.07, 6.45) is 2.15. The summed E-state index contributed by atoms with van der Waals surface area (Å²) < 4.78 is 2.20. The van der Waals surface area contributed by atoms with E-state index in [0.29, 0.717) is 0 Å². The van der Waals surface area contributed by atoms with Crippen molar-refractivity contribution in [3.8, 4) is 33.5 Å². The Morgan fingerprint density at radius 2 is 1.15 bits per heavy atom. The highest BCUT2D eigenvalue weighted by atomic mass is 14.9. The van der Waals surface area contributed by atoms with Gasteiger partial charge in [-0.15, -0.1) is 0 Å². The lowest BCUT2D eigenvalue weighted by atomic mass is 9.96. The summed E-state index contributed by atoms with van der Waals surface area (Å²) in [6.45, 7) is 2.18. The lowest BCUT2D eigenvalue weighted by molar-refractivity contribution is -0.660. The first-order valence-corrected chi connectivity index (χ1v) is 8.94. The molecule has 0 amide bonds. The Morgan fingerprint density at radius 3 is 1.77 bits per heavy atom. The predicted octanol–water partition coefficient (Wildman–Crippen LogP) is 5.82. The molecule has 0 saturated carbocycles. The maximum absolute atomic E-state index is 2.30. The van der Waals surface area contributed by atoms with E-state index in [4.69, 9.17) is 0 Å². The third-order valence-corrected chi connectivity index (χ3v) is 4.88. The van der Waals surface area contributed by atoms with Crippen LogP contribution in [-0.4, -0.2) is 0 Å². The summed E-state index contributed by atoms with van der Waals surface area (Å²) in [5.41, 5.74) is 8.75. The highest BCUT2D eigenvalue weighted by Crippen LogP contribution is 2.29. The van der Waals surface area contributed by atoms with Crippen LogP contribution in [0.15, 0.2) is 97.2 Å². The number of nitrogens with zero attached hydrogens (tertiary/aromatic N) is 1. The molecule has 0 fully saturated rings. The van der Waals surface area contributed by atoms with Crippen LogP contribution in [-0.2, 0) is 7.05 Å². The predicted molar refractivity (Wildman–Crippen MR) is 109 cm³/mol. The van der Waals surface area contributed by atoms with E-state index in [9.17, 15) is 0 Å². The molecule has 1 heterocycles. The molecule has 0 bridgehead atoms. The van der Waals surface area contributed by atoms with E-state index in [1.165, 1.54) is 39.1 Å². The molecular formula is C25H22N+. The maximum Gasteiger partial charge on any atom is 0.213 e. The molecule has 0 saturated heterocycles. The lowest BCUT2D eigenvalue weighted by Crippen LogP contribution is -2.30. The molecule has 1 heteroatoms. The number of hydrogen-bond donors (Lipinski definition) is 0. The Balaban J connectivity index is 1.85. The van der Waals surface area contributed by atoms with Crippen LogP contribution in [0.5, 0.6) is 0 Å². The van der Waals surface area contributed by atoms with Crippen molar-refractivity contribution in [1.82, 2.24) is 0 Å². The average Bonchev–Trinajstić information content (AvgIpc) is 2.70. The van der Waals surface area contributed by atoms with Gasteiger partial charge in [0, 0.05) is 17.7 Å². The SMILES string of the molecule is Cc1ccc(-c2ccccc2)cc1-c1cc(-c2ccccc2)cc[n+]1C. The summed E-state index contributed by atoms with van der Waals surface area (Å²) in [5.74, 6) is 0. The number of aryl methyl sites for hydroxylation is 2. The number of hydrogen-bond acceptors (Lipinski definition) is 0. The lowest BCUT2D eigenvalue weighted by Gasteiger charge is -2.10. The second kappa shape index (κ2) is 6.97. The van der Waals surface area contributed by atoms with Gasteiger partial charge in [0.25, 0.3) is 0 Å². The second-order valence-corrected chi connectivity index (χ2v) is 6.67. The number of rotatable bonds is 3. The minimum Gasteiger partial charge on any atom is -0.201 e. The first-order chi connectivity index (χ1) is 12.7. The second-order valence-electron chi connectivity index (χ2n) is 6.67. The summed E-state index contributed by atoms with van der Waals surface area (Å²) in [5, 5.41) is 0. The fourth-order valence-electron chi connectivity index (χ4n) is 3.36. The van der Waals surface area contributed by atoms with Gasteiger partial charge in [-0.05, 0) is 40.8 Å². The van der Waals surface area contributed by atoms with Gasteiger partial charge < -0.3 is 0 Å². The Morgan fingerprint density at radius 1 is 0.577 bits per heavy atom. The molecule has 1 nitrogen and oxygen atoms in total. The molecule has 0 N–H and O–H groups in total. The van der Waals surface area contributed by atoms with Crippen molar-refractivity contribution in [2.24, 2.45) is 7.05 Å². The Bertz CT molecular complexity index is 947. The first-order valence-electron chi connectivity index (χ1n) is 8.94. The fourth-order valence-corrected chi connectivity index (χ4v) is 3.36. The first kappa shape index (κ1) is 16.3. The van der Waals surface area contributed by atoms with E-state index in [-0.39, 0.29) is 0 Å². The van der Waals surface area contributed by atoms with Gasteiger partial charge in [-0.2, -0.15) is 0 Å². The van der Waals surface area contributed by atoms with Gasteiger partial charge >= 0.3 is 0 Å². The normalized spacial score (nSPS) is 10.7. The summed E-state index contributed by atoms with van der Waals surface area (Å²) >= 11 is 0. The highest BCUT2D eigenvalue weighted by Gasteiger charge is 2.15. The molecule has 0 radical (unpaired) electrons. The van der Waals surface area contributed by atoms with Crippen molar-refractivity contribution in [1.29, 1.82) is 0 Å². The molecule has 0 aliphatic carbocycles. The molecule has 0 unspecified atom stereocenters. The van der Waals surface area contributed by atoms with Crippen LogP contribution in [0.2, 0.25) is 0 Å². The minimum atomic E-state index is 1.22. The third kappa shape index (κ3) is 3.16. The van der Waals surface area contributed by atoms with Crippen LogP contribution in [0.4, 0.5) is 0 Å². The molecule has 126 valence electrons. The van der Waals surface area contributed by atoms with Crippen molar-refractivity contribution in [2.45, 2.75) is 6.92 Å². The van der Waals surface area contributed by atoms with Crippen LogP contribution in [0.25, 0.3) is 33.5 Å². The molecule has 26 heavy (non-hydrogen) atoms. The number of benzene rings is 3. The van der Waals surface area contributed by atoms with Gasteiger partial charge in [0.15, 0.2) is 6.20 Å². The van der Waals surface area contributed by atoms with Crippen molar-refractivity contribution < 1.29 is 4.57 Å². The Kier molecular flexibility index (Phi) is 4.37. The zero-order chi connectivity index (χ0) is 17.9. The van der Waals surface area contributed by atoms with Crippen LogP contribution in [0.1, 0.15) is 5.56 Å². The summed E-state index contributed by atoms with van der Waals surface area (Å²) in [4.78, 5) is 0. The standard InChI is InChI=1S/C25H22N/c1-19-13-14-22(20-9-5-3-6-10-20)17-24(19)25-18-23(15-16-26(25)2)21-11-7-4-8-12-21/h3-18H,1-2H3/q+1. The van der Waals surface area contributed by atoms with Gasteiger partial charge in [-0.25, -0.2) is 4.57 Å². The highest BCUT2D eigenvalue weighted by molar-refractivity contribution is 5.75. The topological polar surface area (TPSA) is 3.88 Å². The van der Waals surface area contributed by atoms with Crippen molar-refractivity contribution >= 4 is 0 Å². The largest absolute Gasteiger partial charge is 0.213 e. The van der Waals surface area contributed by atoms with Crippen LogP contribution in [0.3, 0.4) is 0 Å². The van der Waals surface area contributed by atoms with Crippen LogP contribution >= 0.6 is 0 Å². The molecule has 0 spiro atoms. The van der Waals surface area contributed by atoms with E-state index < -0.39 is 0 Å². The smallest absolute Gasteiger partial charge is 0.201 e. The van der Waals surface area contributed by atoms with Crippen LogP contribution < -0.4 is 4.57 Å². The van der Waals surface area contributed by atoms with Crippen molar-refractivity contribution in [3.63, 3.8) is 0 Å². The molecule has 3 aromatic carbocycles. The fraction of sp³-hybridized carbons (Fsp3) is 0.0800. The van der Waals surface area contributed by atoms with E-state index >= 15 is 0 Å². The van der Waals surface area contributed by atoms with E-state index in [2.05, 4.69) is 116 Å². The summed E-state index contributed by atoms with van der Waals surface area (Å²) in [6, 6.07) is 32.3.